The third-order valence-electron chi connectivity index (χ3n) is 9.30. The number of nitrogens with zero attached hydrogens (tertiary/aromatic N) is 2. The molecule has 0 aliphatic carbocycles. The van der Waals surface area contributed by atoms with E-state index in [1.54, 1.807) is 0 Å². The molecule has 9 rings (SSSR count). The standard InChI is InChI=1S/C44H32N2O/c1-29-18-21-32(22-19-29)45(34-23-25-44-39(28-34)38-14-5-8-17-43(38)47-44)33-11-9-10-31(27-33)35-12-3-6-15-40(35)46-41-16-7-4-13-36(41)37-24-20-30(2)26-42(37)46/h3-28H,1-2H3. The average molecular weight is 605 g/mol. The molecule has 0 saturated heterocycles. The van der Waals surface area contributed by atoms with Crippen LogP contribution < -0.4 is 4.90 Å². The number of furan rings is 1. The van der Waals surface area contributed by atoms with E-state index in [-0.39, 0.29) is 0 Å². The van der Waals surface area contributed by atoms with Crippen molar-refractivity contribution in [1.82, 2.24) is 4.57 Å². The summed E-state index contributed by atoms with van der Waals surface area (Å²) in [4.78, 5) is 2.34. The third kappa shape index (κ3) is 4.51. The lowest BCUT2D eigenvalue weighted by Crippen LogP contribution is -2.10. The number of hydrogen-bond donors (Lipinski definition) is 0. The summed E-state index contributed by atoms with van der Waals surface area (Å²) in [5, 5.41) is 4.76. The number of para-hydroxylation sites is 3. The molecule has 0 amide bonds. The number of rotatable bonds is 5. The molecule has 9 aromatic rings. The average Bonchev–Trinajstić information content (AvgIpc) is 3.64. The van der Waals surface area contributed by atoms with Crippen LogP contribution >= 0.6 is 0 Å². The summed E-state index contributed by atoms with van der Waals surface area (Å²) in [5.41, 5.74) is 13.5. The summed E-state index contributed by atoms with van der Waals surface area (Å²) in [6.45, 7) is 4.30. The fraction of sp³-hybridized carbons (Fsp3) is 0.0455. The lowest BCUT2D eigenvalue weighted by atomic mass is 10.0. The molecule has 0 bridgehead atoms. The highest BCUT2D eigenvalue weighted by atomic mass is 16.3. The molecule has 0 aliphatic heterocycles. The first-order valence-corrected chi connectivity index (χ1v) is 16.1. The van der Waals surface area contributed by atoms with Gasteiger partial charge < -0.3 is 13.9 Å². The second-order valence-electron chi connectivity index (χ2n) is 12.4. The van der Waals surface area contributed by atoms with Gasteiger partial charge in [0.15, 0.2) is 0 Å². The Morgan fingerprint density at radius 2 is 1.13 bits per heavy atom. The molecule has 2 heterocycles. The molecule has 0 aliphatic rings. The van der Waals surface area contributed by atoms with Crippen LogP contribution in [0.5, 0.6) is 0 Å². The van der Waals surface area contributed by atoms with E-state index in [0.717, 1.165) is 50.3 Å². The summed E-state index contributed by atoms with van der Waals surface area (Å²) in [6, 6.07) is 56.7. The smallest absolute Gasteiger partial charge is 0.135 e. The van der Waals surface area contributed by atoms with Crippen LogP contribution in [0, 0.1) is 13.8 Å². The quantitative estimate of drug-likeness (QED) is 0.195. The highest BCUT2D eigenvalue weighted by molar-refractivity contribution is 6.10. The minimum atomic E-state index is 0.892. The Bertz CT molecular complexity index is 2600. The molecule has 0 spiro atoms. The number of hydrogen-bond acceptors (Lipinski definition) is 2. The first-order chi connectivity index (χ1) is 23.1. The van der Waals surface area contributed by atoms with Crippen molar-refractivity contribution in [2.24, 2.45) is 0 Å². The number of anilines is 3. The van der Waals surface area contributed by atoms with Crippen molar-refractivity contribution in [3.05, 3.63) is 169 Å². The SMILES string of the molecule is Cc1ccc(N(c2cccc(-c3ccccc3-n3c4ccccc4c4ccc(C)cc43)c2)c2ccc3oc4ccccc4c3c2)cc1. The minimum Gasteiger partial charge on any atom is -0.456 e. The van der Waals surface area contributed by atoms with Crippen LogP contribution in [0.1, 0.15) is 11.1 Å². The molecular formula is C44H32N2O. The summed E-state index contributed by atoms with van der Waals surface area (Å²) in [7, 11) is 0. The lowest BCUT2D eigenvalue weighted by Gasteiger charge is -2.26. The second-order valence-corrected chi connectivity index (χ2v) is 12.4. The molecule has 0 atom stereocenters. The van der Waals surface area contributed by atoms with Gasteiger partial charge in [-0.3, -0.25) is 0 Å². The number of aryl methyl sites for hydroxylation is 2. The molecule has 0 N–H and O–H groups in total. The number of benzene rings is 7. The van der Waals surface area contributed by atoms with Gasteiger partial charge in [-0.05, 0) is 91.7 Å². The van der Waals surface area contributed by atoms with Crippen molar-refractivity contribution in [1.29, 1.82) is 0 Å². The molecular weight excluding hydrogens is 572 g/mol. The lowest BCUT2D eigenvalue weighted by molar-refractivity contribution is 0.669. The topological polar surface area (TPSA) is 21.3 Å². The van der Waals surface area contributed by atoms with Gasteiger partial charge in [-0.2, -0.15) is 0 Å². The van der Waals surface area contributed by atoms with Crippen molar-refractivity contribution in [3.63, 3.8) is 0 Å². The normalized spacial score (nSPS) is 11.6. The zero-order valence-corrected chi connectivity index (χ0v) is 26.3. The molecule has 0 fully saturated rings. The Labute approximate surface area is 273 Å². The predicted molar refractivity (Wildman–Crippen MR) is 198 cm³/mol. The Balaban J connectivity index is 1.24. The summed E-state index contributed by atoms with van der Waals surface area (Å²) >= 11 is 0. The third-order valence-corrected chi connectivity index (χ3v) is 9.30. The van der Waals surface area contributed by atoms with Crippen LogP contribution in [0.15, 0.2) is 162 Å². The van der Waals surface area contributed by atoms with Crippen molar-refractivity contribution in [2.45, 2.75) is 13.8 Å². The van der Waals surface area contributed by atoms with Crippen molar-refractivity contribution >= 4 is 60.8 Å². The zero-order valence-electron chi connectivity index (χ0n) is 26.3. The van der Waals surface area contributed by atoms with Crippen LogP contribution in [-0.2, 0) is 0 Å². The Morgan fingerprint density at radius 3 is 2.02 bits per heavy atom. The molecule has 3 heteroatoms. The van der Waals surface area contributed by atoms with Crippen LogP contribution in [-0.4, -0.2) is 4.57 Å². The largest absolute Gasteiger partial charge is 0.456 e. The van der Waals surface area contributed by atoms with Crippen LogP contribution in [0.3, 0.4) is 0 Å². The van der Waals surface area contributed by atoms with Gasteiger partial charge in [-0.1, -0.05) is 96.6 Å². The van der Waals surface area contributed by atoms with Gasteiger partial charge in [0.25, 0.3) is 0 Å². The fourth-order valence-corrected chi connectivity index (χ4v) is 7.06. The van der Waals surface area contributed by atoms with E-state index >= 15 is 0 Å². The number of fused-ring (bicyclic) bond motifs is 6. The summed E-state index contributed by atoms with van der Waals surface area (Å²) in [5.74, 6) is 0. The maximum absolute atomic E-state index is 6.19. The Hall–Kier alpha value is -6.06. The molecule has 2 aromatic heterocycles. The molecule has 0 unspecified atom stereocenters. The highest BCUT2D eigenvalue weighted by Gasteiger charge is 2.19. The van der Waals surface area contributed by atoms with Crippen LogP contribution in [0.4, 0.5) is 17.1 Å². The van der Waals surface area contributed by atoms with E-state index in [2.05, 4.69) is 169 Å². The summed E-state index contributed by atoms with van der Waals surface area (Å²) in [6.07, 6.45) is 0. The van der Waals surface area contributed by atoms with Gasteiger partial charge in [-0.25, -0.2) is 0 Å². The van der Waals surface area contributed by atoms with Crippen molar-refractivity contribution in [3.8, 4) is 16.8 Å². The summed E-state index contributed by atoms with van der Waals surface area (Å²) < 4.78 is 8.61. The Morgan fingerprint density at radius 1 is 0.447 bits per heavy atom. The highest BCUT2D eigenvalue weighted by Crippen LogP contribution is 2.41. The van der Waals surface area contributed by atoms with Gasteiger partial charge in [0.1, 0.15) is 11.2 Å². The van der Waals surface area contributed by atoms with E-state index in [1.807, 2.05) is 12.1 Å². The van der Waals surface area contributed by atoms with Gasteiger partial charge >= 0.3 is 0 Å². The molecule has 224 valence electrons. The van der Waals surface area contributed by atoms with E-state index in [9.17, 15) is 0 Å². The molecule has 3 nitrogen and oxygen atoms in total. The first kappa shape index (κ1) is 27.3. The number of aromatic nitrogens is 1. The Kier molecular flexibility index (Phi) is 6.26. The molecule has 0 radical (unpaired) electrons. The monoisotopic (exact) mass is 604 g/mol. The molecule has 0 saturated carbocycles. The van der Waals surface area contributed by atoms with E-state index < -0.39 is 0 Å². The van der Waals surface area contributed by atoms with E-state index in [0.29, 0.717) is 0 Å². The van der Waals surface area contributed by atoms with E-state index in [1.165, 1.54) is 38.5 Å². The van der Waals surface area contributed by atoms with Crippen molar-refractivity contribution in [2.75, 3.05) is 4.90 Å². The maximum atomic E-state index is 6.19. The van der Waals surface area contributed by atoms with Gasteiger partial charge in [0.05, 0.1) is 16.7 Å². The van der Waals surface area contributed by atoms with E-state index in [4.69, 9.17) is 4.42 Å². The van der Waals surface area contributed by atoms with Crippen molar-refractivity contribution < 1.29 is 4.42 Å². The zero-order chi connectivity index (χ0) is 31.5. The van der Waals surface area contributed by atoms with Gasteiger partial charge in [-0.15, -0.1) is 0 Å². The maximum Gasteiger partial charge on any atom is 0.135 e. The van der Waals surface area contributed by atoms with Gasteiger partial charge in [0, 0.05) is 44.2 Å². The fourth-order valence-electron chi connectivity index (χ4n) is 7.06. The minimum absolute atomic E-state index is 0.892. The molecule has 7 aromatic carbocycles. The first-order valence-electron chi connectivity index (χ1n) is 16.1. The predicted octanol–water partition coefficient (Wildman–Crippen LogP) is 12.4. The second kappa shape index (κ2) is 10.8. The van der Waals surface area contributed by atoms with Crippen LogP contribution in [0.2, 0.25) is 0 Å². The van der Waals surface area contributed by atoms with Gasteiger partial charge in [0.2, 0.25) is 0 Å². The van der Waals surface area contributed by atoms with Crippen LogP contribution in [0.25, 0.3) is 60.6 Å². The molecule has 47 heavy (non-hydrogen) atoms.